The first-order valence-corrected chi connectivity index (χ1v) is 6.69. The maximum absolute atomic E-state index is 9.27. The Morgan fingerprint density at radius 3 is 3.12 bits per heavy atom. The molecule has 16 heavy (non-hydrogen) atoms. The SMILES string of the molecule is NCc1c(SCC(O)CO)nc2sccn12. The van der Waals surface area contributed by atoms with Gasteiger partial charge in [0, 0.05) is 23.9 Å². The summed E-state index contributed by atoms with van der Waals surface area (Å²) < 4.78 is 1.96. The minimum atomic E-state index is -0.713. The van der Waals surface area contributed by atoms with Crippen LogP contribution in [0.1, 0.15) is 5.69 Å². The highest BCUT2D eigenvalue weighted by molar-refractivity contribution is 7.99. The van der Waals surface area contributed by atoms with E-state index in [9.17, 15) is 5.11 Å². The molecule has 1 atom stereocenters. The zero-order valence-electron chi connectivity index (χ0n) is 8.54. The lowest BCUT2D eigenvalue weighted by Crippen LogP contribution is -2.14. The molecule has 2 aromatic heterocycles. The monoisotopic (exact) mass is 259 g/mol. The van der Waals surface area contributed by atoms with E-state index in [1.807, 2.05) is 16.0 Å². The highest BCUT2D eigenvalue weighted by atomic mass is 32.2. The van der Waals surface area contributed by atoms with E-state index in [1.54, 1.807) is 11.3 Å². The predicted octanol–water partition coefficient (Wildman–Crippen LogP) is 0.300. The highest BCUT2D eigenvalue weighted by Crippen LogP contribution is 2.25. The van der Waals surface area contributed by atoms with Crippen molar-refractivity contribution in [3.63, 3.8) is 0 Å². The molecule has 0 spiro atoms. The van der Waals surface area contributed by atoms with Crippen LogP contribution < -0.4 is 5.73 Å². The van der Waals surface area contributed by atoms with Crippen LogP contribution >= 0.6 is 23.1 Å². The van der Waals surface area contributed by atoms with E-state index in [0.29, 0.717) is 12.3 Å². The third-order valence-corrected chi connectivity index (χ3v) is 4.05. The summed E-state index contributed by atoms with van der Waals surface area (Å²) >= 11 is 2.97. The first-order valence-electron chi connectivity index (χ1n) is 4.82. The fourth-order valence-electron chi connectivity index (χ4n) is 1.34. The summed E-state index contributed by atoms with van der Waals surface area (Å²) in [6.07, 6.45) is 1.22. The van der Waals surface area contributed by atoms with Crippen LogP contribution in [0, 0.1) is 0 Å². The summed E-state index contributed by atoms with van der Waals surface area (Å²) in [4.78, 5) is 5.33. The van der Waals surface area contributed by atoms with Crippen molar-refractivity contribution >= 4 is 28.1 Å². The number of nitrogens with two attached hydrogens (primary N) is 1. The van der Waals surface area contributed by atoms with Crippen LogP contribution in [0.2, 0.25) is 0 Å². The largest absolute Gasteiger partial charge is 0.394 e. The van der Waals surface area contributed by atoms with Crippen molar-refractivity contribution in [2.24, 2.45) is 5.73 Å². The van der Waals surface area contributed by atoms with Crippen LogP contribution in [0.15, 0.2) is 16.6 Å². The van der Waals surface area contributed by atoms with E-state index in [1.165, 1.54) is 11.8 Å². The van der Waals surface area contributed by atoms with Crippen LogP contribution in [-0.2, 0) is 6.54 Å². The molecule has 0 bridgehead atoms. The van der Waals surface area contributed by atoms with Gasteiger partial charge in [-0.3, -0.25) is 4.40 Å². The minimum absolute atomic E-state index is 0.229. The van der Waals surface area contributed by atoms with Crippen molar-refractivity contribution < 1.29 is 10.2 Å². The number of hydrogen-bond acceptors (Lipinski definition) is 6. The van der Waals surface area contributed by atoms with Gasteiger partial charge in [0.1, 0.15) is 5.03 Å². The number of fused-ring (bicyclic) bond motifs is 1. The summed E-state index contributed by atoms with van der Waals surface area (Å²) in [5, 5.41) is 20.8. The molecule has 88 valence electrons. The fraction of sp³-hybridized carbons (Fsp3) is 0.444. The molecule has 1 unspecified atom stereocenters. The van der Waals surface area contributed by atoms with Crippen LogP contribution in [0.4, 0.5) is 0 Å². The van der Waals surface area contributed by atoms with E-state index in [-0.39, 0.29) is 6.61 Å². The van der Waals surface area contributed by atoms with E-state index in [4.69, 9.17) is 10.8 Å². The van der Waals surface area contributed by atoms with Gasteiger partial charge < -0.3 is 15.9 Å². The Morgan fingerprint density at radius 1 is 1.62 bits per heavy atom. The van der Waals surface area contributed by atoms with E-state index in [2.05, 4.69) is 4.98 Å². The molecule has 0 aliphatic carbocycles. The van der Waals surface area contributed by atoms with Crippen molar-refractivity contribution in [1.29, 1.82) is 0 Å². The molecular formula is C9H13N3O2S2. The first-order chi connectivity index (χ1) is 7.76. The topological polar surface area (TPSA) is 83.8 Å². The molecule has 2 heterocycles. The summed E-state index contributed by atoms with van der Waals surface area (Å²) in [5.41, 5.74) is 6.63. The maximum Gasteiger partial charge on any atom is 0.194 e. The third-order valence-electron chi connectivity index (χ3n) is 2.14. The average Bonchev–Trinajstić information content (AvgIpc) is 2.84. The van der Waals surface area contributed by atoms with Gasteiger partial charge in [-0.25, -0.2) is 4.98 Å². The van der Waals surface area contributed by atoms with Gasteiger partial charge in [0.25, 0.3) is 0 Å². The van der Waals surface area contributed by atoms with Crippen LogP contribution in [0.25, 0.3) is 4.96 Å². The van der Waals surface area contributed by atoms with Crippen molar-refractivity contribution in [1.82, 2.24) is 9.38 Å². The molecular weight excluding hydrogens is 246 g/mol. The van der Waals surface area contributed by atoms with Gasteiger partial charge in [-0.05, 0) is 0 Å². The van der Waals surface area contributed by atoms with Gasteiger partial charge in [-0.15, -0.1) is 23.1 Å². The van der Waals surface area contributed by atoms with Crippen LogP contribution in [-0.4, -0.2) is 38.1 Å². The molecule has 0 aliphatic heterocycles. The second kappa shape index (κ2) is 5.15. The molecule has 0 fully saturated rings. The van der Waals surface area contributed by atoms with Gasteiger partial charge >= 0.3 is 0 Å². The van der Waals surface area contributed by atoms with Gasteiger partial charge in [0.05, 0.1) is 18.4 Å². The molecule has 7 heteroatoms. The molecule has 0 amide bonds. The van der Waals surface area contributed by atoms with Gasteiger partial charge in [-0.2, -0.15) is 0 Å². The zero-order chi connectivity index (χ0) is 11.5. The Hall–Kier alpha value is -0.600. The van der Waals surface area contributed by atoms with Gasteiger partial charge in [0.2, 0.25) is 0 Å². The molecule has 2 rings (SSSR count). The zero-order valence-corrected chi connectivity index (χ0v) is 10.2. The smallest absolute Gasteiger partial charge is 0.194 e. The van der Waals surface area contributed by atoms with Crippen molar-refractivity contribution in [2.45, 2.75) is 17.7 Å². The third kappa shape index (κ3) is 2.23. The molecule has 0 radical (unpaired) electrons. The second-order valence-corrected chi connectivity index (χ2v) is 5.15. The number of aromatic nitrogens is 2. The lowest BCUT2D eigenvalue weighted by atomic mass is 10.4. The lowest BCUT2D eigenvalue weighted by molar-refractivity contribution is 0.113. The second-order valence-electron chi connectivity index (χ2n) is 3.27. The van der Waals surface area contributed by atoms with Crippen molar-refractivity contribution in [2.75, 3.05) is 12.4 Å². The Labute approximate surface area is 101 Å². The summed E-state index contributed by atoms with van der Waals surface area (Å²) in [7, 11) is 0. The lowest BCUT2D eigenvalue weighted by Gasteiger charge is -2.05. The van der Waals surface area contributed by atoms with Crippen LogP contribution in [0.3, 0.4) is 0 Å². The van der Waals surface area contributed by atoms with Gasteiger partial charge in [-0.1, -0.05) is 0 Å². The number of rotatable bonds is 5. The molecule has 2 aromatic rings. The minimum Gasteiger partial charge on any atom is -0.394 e. The standard InChI is InChI=1S/C9H13N3O2S2/c10-3-7-8(16-5-6(14)4-13)11-9-12(7)1-2-15-9/h1-2,6,13-14H,3-5,10H2. The van der Waals surface area contributed by atoms with Gasteiger partial charge in [0.15, 0.2) is 4.96 Å². The van der Waals surface area contributed by atoms with Crippen molar-refractivity contribution in [3.8, 4) is 0 Å². The molecule has 0 saturated heterocycles. The predicted molar refractivity (Wildman–Crippen MR) is 64.8 cm³/mol. The number of thiazole rings is 1. The maximum atomic E-state index is 9.27. The number of hydrogen-bond donors (Lipinski definition) is 3. The molecule has 0 aliphatic rings. The number of aliphatic hydroxyl groups is 2. The fourth-order valence-corrected chi connectivity index (χ4v) is 3.09. The number of thioether (sulfide) groups is 1. The van der Waals surface area contributed by atoms with E-state index >= 15 is 0 Å². The molecule has 0 aromatic carbocycles. The van der Waals surface area contributed by atoms with Crippen molar-refractivity contribution in [3.05, 3.63) is 17.3 Å². The van der Waals surface area contributed by atoms with Crippen LogP contribution in [0.5, 0.6) is 0 Å². The average molecular weight is 259 g/mol. The quantitative estimate of drug-likeness (QED) is 0.673. The summed E-state index contributed by atoms with van der Waals surface area (Å²) in [6, 6.07) is 0. The summed E-state index contributed by atoms with van der Waals surface area (Å²) in [5.74, 6) is 0.425. The normalized spacial score (nSPS) is 13.4. The Bertz CT molecular complexity index is 468. The molecule has 5 nitrogen and oxygen atoms in total. The Morgan fingerprint density at radius 2 is 2.44 bits per heavy atom. The Kier molecular flexibility index (Phi) is 3.82. The molecule has 0 saturated carbocycles. The number of nitrogens with zero attached hydrogens (tertiary/aromatic N) is 2. The first kappa shape index (κ1) is 11.9. The number of imidazole rings is 1. The summed E-state index contributed by atoms with van der Waals surface area (Å²) in [6.45, 7) is 0.183. The van der Waals surface area contributed by atoms with E-state index in [0.717, 1.165) is 15.7 Å². The van der Waals surface area contributed by atoms with E-state index < -0.39 is 6.10 Å². The number of aliphatic hydroxyl groups excluding tert-OH is 2. The highest BCUT2D eigenvalue weighted by Gasteiger charge is 2.13. The molecule has 4 N–H and O–H groups in total. The Balaban J connectivity index is 2.19.